The van der Waals surface area contributed by atoms with Crippen LogP contribution >= 0.6 is 23.8 Å². The number of hydrogen-bond donors (Lipinski definition) is 1. The fourth-order valence-corrected chi connectivity index (χ4v) is 2.56. The van der Waals surface area contributed by atoms with Gasteiger partial charge in [0.25, 0.3) is 0 Å². The van der Waals surface area contributed by atoms with Crippen LogP contribution in [0.4, 0.5) is 0 Å². The van der Waals surface area contributed by atoms with Crippen molar-refractivity contribution in [2.75, 3.05) is 0 Å². The molecule has 96 valence electrons. The molecule has 0 aliphatic heterocycles. The number of benzene rings is 1. The van der Waals surface area contributed by atoms with Crippen molar-refractivity contribution in [1.29, 1.82) is 0 Å². The van der Waals surface area contributed by atoms with Crippen LogP contribution in [0.15, 0.2) is 30.3 Å². The maximum absolute atomic E-state index is 6.21. The summed E-state index contributed by atoms with van der Waals surface area (Å²) in [6, 6.07) is 9.66. The molecule has 0 saturated heterocycles. The van der Waals surface area contributed by atoms with Gasteiger partial charge in [0.2, 0.25) is 0 Å². The average Bonchev–Trinajstić information content (AvgIpc) is 2.80. The number of nitrogens with zero attached hydrogens (tertiary/aromatic N) is 2. The predicted molar refractivity (Wildman–Crippen MR) is 80.3 cm³/mol. The van der Waals surface area contributed by atoms with Gasteiger partial charge in [0.05, 0.1) is 5.69 Å². The first-order chi connectivity index (χ1) is 9.08. The van der Waals surface area contributed by atoms with Gasteiger partial charge in [-0.05, 0) is 19.9 Å². The molecule has 0 amide bonds. The Morgan fingerprint density at radius 3 is 2.74 bits per heavy atom. The minimum Gasteiger partial charge on any atom is -0.291 e. The van der Waals surface area contributed by atoms with E-state index >= 15 is 0 Å². The number of halogens is 1. The van der Waals surface area contributed by atoms with Gasteiger partial charge in [-0.2, -0.15) is 0 Å². The minimum absolute atomic E-state index is 0.703. The summed E-state index contributed by atoms with van der Waals surface area (Å²) < 4.78 is 2.57. The van der Waals surface area contributed by atoms with E-state index in [4.69, 9.17) is 23.8 Å². The largest absolute Gasteiger partial charge is 0.291 e. The Hall–Kier alpha value is -1.65. The van der Waals surface area contributed by atoms with Crippen LogP contribution in [0, 0.1) is 18.5 Å². The monoisotopic (exact) mass is 289 g/mol. The summed E-state index contributed by atoms with van der Waals surface area (Å²) in [4.78, 5) is 4.53. The van der Waals surface area contributed by atoms with Gasteiger partial charge < -0.3 is 0 Å². The lowest BCUT2D eigenvalue weighted by atomic mass is 10.1. The zero-order valence-electron chi connectivity index (χ0n) is 10.6. The van der Waals surface area contributed by atoms with Crippen molar-refractivity contribution >= 4 is 29.5 Å². The van der Waals surface area contributed by atoms with Gasteiger partial charge in [-0.15, -0.1) is 0 Å². The number of rotatable bonds is 1. The van der Waals surface area contributed by atoms with Crippen molar-refractivity contribution in [3.05, 3.63) is 51.3 Å². The van der Waals surface area contributed by atoms with E-state index in [2.05, 4.69) is 10.1 Å². The molecule has 1 N–H and O–H groups in total. The predicted octanol–water partition coefficient (Wildman–Crippen LogP) is 4.33. The van der Waals surface area contributed by atoms with E-state index in [1.165, 1.54) is 0 Å². The third kappa shape index (κ3) is 1.97. The van der Waals surface area contributed by atoms with Crippen LogP contribution in [0.1, 0.15) is 11.3 Å². The summed E-state index contributed by atoms with van der Waals surface area (Å²) in [7, 11) is 0. The second kappa shape index (κ2) is 4.47. The highest BCUT2D eigenvalue weighted by atomic mass is 35.5. The van der Waals surface area contributed by atoms with Crippen LogP contribution in [0.25, 0.3) is 16.9 Å². The molecule has 5 heteroatoms. The van der Waals surface area contributed by atoms with Crippen molar-refractivity contribution in [1.82, 2.24) is 14.6 Å². The van der Waals surface area contributed by atoms with Crippen molar-refractivity contribution in [2.45, 2.75) is 13.8 Å². The van der Waals surface area contributed by atoms with Gasteiger partial charge in [0, 0.05) is 27.9 Å². The van der Waals surface area contributed by atoms with E-state index in [0.717, 1.165) is 32.8 Å². The molecule has 0 aliphatic rings. The number of H-pyrrole nitrogens is 1. The van der Waals surface area contributed by atoms with Crippen LogP contribution in [-0.2, 0) is 0 Å². The van der Waals surface area contributed by atoms with Gasteiger partial charge in [-0.3, -0.25) is 5.10 Å². The molecule has 2 aromatic heterocycles. The molecule has 0 bridgehead atoms. The van der Waals surface area contributed by atoms with Crippen LogP contribution in [-0.4, -0.2) is 14.6 Å². The van der Waals surface area contributed by atoms with Gasteiger partial charge in [0.15, 0.2) is 5.65 Å². The van der Waals surface area contributed by atoms with E-state index in [1.54, 1.807) is 0 Å². The first-order valence-corrected chi connectivity index (χ1v) is 6.70. The second-order valence-corrected chi connectivity index (χ2v) is 5.26. The summed E-state index contributed by atoms with van der Waals surface area (Å²) >= 11 is 11.7. The SMILES string of the molecule is Cc1nc2cc(-c3ccccc3Cl)[nH]n2c(=S)c1C. The maximum atomic E-state index is 6.21. The fraction of sp³-hybridized carbons (Fsp3) is 0.143. The highest BCUT2D eigenvalue weighted by Gasteiger charge is 2.09. The molecule has 19 heavy (non-hydrogen) atoms. The first-order valence-electron chi connectivity index (χ1n) is 5.92. The Morgan fingerprint density at radius 2 is 2.00 bits per heavy atom. The lowest BCUT2D eigenvalue weighted by Gasteiger charge is -2.01. The zero-order chi connectivity index (χ0) is 13.6. The molecule has 0 atom stereocenters. The third-order valence-corrected chi connectivity index (χ3v) is 4.07. The molecular weight excluding hydrogens is 278 g/mol. The molecule has 0 radical (unpaired) electrons. The van der Waals surface area contributed by atoms with E-state index in [0.29, 0.717) is 5.02 Å². The van der Waals surface area contributed by atoms with Crippen LogP contribution in [0.3, 0.4) is 0 Å². The van der Waals surface area contributed by atoms with Gasteiger partial charge in [-0.1, -0.05) is 42.0 Å². The van der Waals surface area contributed by atoms with Crippen LogP contribution in [0.5, 0.6) is 0 Å². The topological polar surface area (TPSA) is 33.1 Å². The molecule has 3 nitrogen and oxygen atoms in total. The molecule has 0 saturated carbocycles. The molecule has 1 aromatic carbocycles. The summed E-state index contributed by atoms with van der Waals surface area (Å²) in [6.07, 6.45) is 0. The van der Waals surface area contributed by atoms with E-state index in [1.807, 2.05) is 48.7 Å². The summed E-state index contributed by atoms with van der Waals surface area (Å²) in [5.74, 6) is 0. The minimum atomic E-state index is 0.703. The normalized spacial score (nSPS) is 11.1. The number of hydrogen-bond acceptors (Lipinski definition) is 2. The quantitative estimate of drug-likeness (QED) is 0.677. The molecule has 0 spiro atoms. The van der Waals surface area contributed by atoms with Crippen molar-refractivity contribution in [3.63, 3.8) is 0 Å². The fourth-order valence-electron chi connectivity index (χ4n) is 2.04. The Morgan fingerprint density at radius 1 is 1.26 bits per heavy atom. The highest BCUT2D eigenvalue weighted by Crippen LogP contribution is 2.27. The Bertz CT molecular complexity index is 832. The van der Waals surface area contributed by atoms with Crippen LogP contribution < -0.4 is 0 Å². The molecule has 0 unspecified atom stereocenters. The summed E-state index contributed by atoms with van der Waals surface area (Å²) in [6.45, 7) is 3.94. The molecule has 0 aliphatic carbocycles. The standard InChI is InChI=1S/C14H12ClN3S/c1-8-9(2)16-13-7-12(17-18(13)14(8)19)10-5-3-4-6-11(10)15/h3-7,17H,1-2H3. The Kier molecular flexibility index (Phi) is 2.92. The van der Waals surface area contributed by atoms with Crippen molar-refractivity contribution in [3.8, 4) is 11.3 Å². The molecule has 3 rings (SSSR count). The Balaban J connectivity index is 2.32. The third-order valence-electron chi connectivity index (χ3n) is 3.25. The lowest BCUT2D eigenvalue weighted by Crippen LogP contribution is -1.98. The van der Waals surface area contributed by atoms with Gasteiger partial charge >= 0.3 is 0 Å². The van der Waals surface area contributed by atoms with E-state index < -0.39 is 0 Å². The number of fused-ring (bicyclic) bond motifs is 1. The highest BCUT2D eigenvalue weighted by molar-refractivity contribution is 7.71. The van der Waals surface area contributed by atoms with E-state index in [9.17, 15) is 0 Å². The van der Waals surface area contributed by atoms with Gasteiger partial charge in [0.1, 0.15) is 4.64 Å². The Labute approximate surface area is 120 Å². The average molecular weight is 290 g/mol. The van der Waals surface area contributed by atoms with Crippen LogP contribution in [0.2, 0.25) is 5.02 Å². The van der Waals surface area contributed by atoms with Crippen molar-refractivity contribution in [2.24, 2.45) is 0 Å². The molecule has 2 heterocycles. The van der Waals surface area contributed by atoms with Crippen molar-refractivity contribution < 1.29 is 0 Å². The number of aryl methyl sites for hydroxylation is 1. The van der Waals surface area contributed by atoms with Gasteiger partial charge in [-0.25, -0.2) is 9.50 Å². The zero-order valence-corrected chi connectivity index (χ0v) is 12.1. The molecule has 0 fully saturated rings. The maximum Gasteiger partial charge on any atom is 0.155 e. The molecule has 3 aromatic rings. The summed E-state index contributed by atoms with van der Waals surface area (Å²) in [5, 5.41) is 3.96. The number of aromatic nitrogens is 3. The second-order valence-electron chi connectivity index (χ2n) is 4.47. The first kappa shape index (κ1) is 12.4. The number of nitrogens with one attached hydrogen (secondary N) is 1. The molecular formula is C14H12ClN3S. The summed E-state index contributed by atoms with van der Waals surface area (Å²) in [5.41, 5.74) is 4.63. The lowest BCUT2D eigenvalue weighted by molar-refractivity contribution is 0.903. The van der Waals surface area contributed by atoms with E-state index in [-0.39, 0.29) is 0 Å². The smallest absolute Gasteiger partial charge is 0.155 e. The number of aromatic amines is 1.